The Kier molecular flexibility index (Phi) is 6.77. The molecule has 0 saturated carbocycles. The van der Waals surface area contributed by atoms with Crippen LogP contribution in [-0.4, -0.2) is 65.9 Å². The van der Waals surface area contributed by atoms with Gasteiger partial charge in [-0.1, -0.05) is 41.3 Å². The highest BCUT2D eigenvalue weighted by atomic mass is 32.2. The lowest BCUT2D eigenvalue weighted by Crippen LogP contribution is -2.43. The first-order valence-electron chi connectivity index (χ1n) is 12.4. The van der Waals surface area contributed by atoms with E-state index in [0.717, 1.165) is 28.0 Å². The van der Waals surface area contributed by atoms with Gasteiger partial charge in [0.05, 0.1) is 37.0 Å². The minimum atomic E-state index is -0.844. The second kappa shape index (κ2) is 10.2. The molecule has 6 rings (SSSR count). The summed E-state index contributed by atoms with van der Waals surface area (Å²) in [5, 5.41) is -0.338. The van der Waals surface area contributed by atoms with Gasteiger partial charge in [-0.15, -0.1) is 0 Å². The number of hydrogen-bond donors (Lipinski definition) is 0. The fourth-order valence-electron chi connectivity index (χ4n) is 5.41. The van der Waals surface area contributed by atoms with Crippen molar-refractivity contribution in [2.24, 2.45) is 5.92 Å². The molecule has 39 heavy (non-hydrogen) atoms. The smallest absolute Gasteiger partial charge is 0.308 e. The largest absolute Gasteiger partial charge is 0.496 e. The number of ether oxygens (including phenoxy) is 2. The molecule has 9 nitrogen and oxygen atoms in total. The average Bonchev–Trinajstić information content (AvgIpc) is 3.40. The number of carbonyl (C=O) groups is 3. The number of aromatic nitrogens is 1. The predicted octanol–water partition coefficient (Wildman–Crippen LogP) is 2.71. The number of methoxy groups -OCH3 is 1. The van der Waals surface area contributed by atoms with Crippen molar-refractivity contribution in [1.29, 1.82) is 0 Å². The topological polar surface area (TPSA) is 98.2 Å². The summed E-state index contributed by atoms with van der Waals surface area (Å²) >= 11 is 2.12. The first kappa shape index (κ1) is 25.8. The Balaban J connectivity index is 1.46. The monoisotopic (exact) mass is 569 g/mol. The molecule has 3 aromatic rings. The second-order valence-corrected chi connectivity index (χ2v) is 11.5. The van der Waals surface area contributed by atoms with Crippen LogP contribution < -0.4 is 14.5 Å². The fourth-order valence-corrected chi connectivity index (χ4v) is 8.17. The van der Waals surface area contributed by atoms with Gasteiger partial charge in [-0.05, 0) is 30.3 Å². The molecule has 4 heterocycles. The molecule has 2 aromatic carbocycles. The molecule has 2 fully saturated rings. The SMILES string of the molecule is COc1ccccc1[C@@H]1c2sc(=O)n(CC(=O)N3CCOCC3)c2S[C@H]2C(=O)N(c3ccc(F)cc3)C(=O)[C@@H]12. The molecular formula is C27H24FN3O6S2. The molecule has 2 saturated heterocycles. The summed E-state index contributed by atoms with van der Waals surface area (Å²) in [4.78, 5) is 57.1. The van der Waals surface area contributed by atoms with E-state index in [1.165, 1.54) is 35.9 Å². The Hall–Kier alpha value is -3.48. The minimum absolute atomic E-state index is 0.169. The van der Waals surface area contributed by atoms with Crippen LogP contribution in [0.2, 0.25) is 0 Å². The predicted molar refractivity (Wildman–Crippen MR) is 143 cm³/mol. The number of amides is 3. The molecule has 0 spiro atoms. The number of fused-ring (bicyclic) bond motifs is 2. The quantitative estimate of drug-likeness (QED) is 0.436. The summed E-state index contributed by atoms with van der Waals surface area (Å²) in [6.07, 6.45) is 0. The first-order chi connectivity index (χ1) is 18.9. The number of morpholine rings is 1. The van der Waals surface area contributed by atoms with Crippen molar-refractivity contribution >= 4 is 46.5 Å². The van der Waals surface area contributed by atoms with Crippen molar-refractivity contribution in [3.05, 3.63) is 74.5 Å². The maximum absolute atomic E-state index is 13.9. The van der Waals surface area contributed by atoms with Crippen molar-refractivity contribution in [3.63, 3.8) is 0 Å². The number of hydrogen-bond acceptors (Lipinski definition) is 8. The lowest BCUT2D eigenvalue weighted by molar-refractivity contribution is -0.136. The van der Waals surface area contributed by atoms with Crippen molar-refractivity contribution in [2.45, 2.75) is 22.7 Å². The Morgan fingerprint density at radius 2 is 1.77 bits per heavy atom. The van der Waals surface area contributed by atoms with E-state index >= 15 is 0 Å². The van der Waals surface area contributed by atoms with Gasteiger partial charge in [0.1, 0.15) is 23.4 Å². The van der Waals surface area contributed by atoms with Crippen molar-refractivity contribution in [3.8, 4) is 5.75 Å². The van der Waals surface area contributed by atoms with Crippen LogP contribution in [0.3, 0.4) is 0 Å². The van der Waals surface area contributed by atoms with Gasteiger partial charge in [-0.2, -0.15) is 0 Å². The lowest BCUT2D eigenvalue weighted by Gasteiger charge is -2.32. The van der Waals surface area contributed by atoms with Crippen molar-refractivity contribution in [2.75, 3.05) is 38.3 Å². The number of nitrogens with zero attached hydrogens (tertiary/aromatic N) is 3. The van der Waals surface area contributed by atoms with Gasteiger partial charge in [0, 0.05) is 29.4 Å². The van der Waals surface area contributed by atoms with Crippen molar-refractivity contribution in [1.82, 2.24) is 9.47 Å². The van der Waals surface area contributed by atoms with Gasteiger partial charge in [0.25, 0.3) is 0 Å². The number of thiazole rings is 1. The summed E-state index contributed by atoms with van der Waals surface area (Å²) < 4.78 is 26.0. The molecule has 3 amide bonds. The summed E-state index contributed by atoms with van der Waals surface area (Å²) in [5.74, 6) is -2.51. The number of halogens is 1. The normalized spacial score (nSPS) is 22.6. The number of rotatable bonds is 5. The lowest BCUT2D eigenvalue weighted by atomic mass is 9.82. The van der Waals surface area contributed by atoms with E-state index < -0.39 is 34.7 Å². The third kappa shape index (κ3) is 4.36. The Bertz CT molecular complexity index is 1510. The van der Waals surface area contributed by atoms with E-state index in [1.807, 2.05) is 12.1 Å². The highest BCUT2D eigenvalue weighted by Gasteiger charge is 2.57. The number of benzene rings is 2. The van der Waals surface area contributed by atoms with Crippen LogP contribution >= 0.6 is 23.1 Å². The molecule has 0 unspecified atom stereocenters. The third-order valence-electron chi connectivity index (χ3n) is 7.27. The molecule has 1 aromatic heterocycles. The fraction of sp³-hybridized carbons (Fsp3) is 0.333. The zero-order valence-corrected chi connectivity index (χ0v) is 22.5. The van der Waals surface area contributed by atoms with Crippen LogP contribution in [0.15, 0.2) is 58.4 Å². The van der Waals surface area contributed by atoms with Gasteiger partial charge < -0.3 is 14.4 Å². The number of thioether (sulfide) groups is 1. The van der Waals surface area contributed by atoms with Crippen LogP contribution in [0, 0.1) is 11.7 Å². The van der Waals surface area contributed by atoms with E-state index in [0.29, 0.717) is 47.5 Å². The number of carbonyl (C=O) groups excluding carboxylic acids is 3. The standard InChI is InChI=1S/C27H24FN3O6S2/c1-36-18-5-3-2-4-17(18)20-21-22(25(34)31(24(21)33)16-8-6-15(28)7-9-16)38-26-23(20)39-27(35)30(26)14-19(32)29-10-12-37-13-11-29/h2-9,20-22H,10-14H2,1H3/t20-,21-,22+/m0/s1. The Morgan fingerprint density at radius 1 is 1.05 bits per heavy atom. The first-order valence-corrected chi connectivity index (χ1v) is 14.1. The molecule has 0 radical (unpaired) electrons. The average molecular weight is 570 g/mol. The molecule has 0 N–H and O–H groups in total. The van der Waals surface area contributed by atoms with Gasteiger partial charge in [0.15, 0.2) is 0 Å². The molecule has 0 bridgehead atoms. The summed E-state index contributed by atoms with van der Waals surface area (Å²) in [5.41, 5.74) is 0.954. The van der Waals surface area contributed by atoms with Crippen LogP contribution in [-0.2, 0) is 25.7 Å². The molecule has 3 atom stereocenters. The Labute approximate surface area is 231 Å². The maximum atomic E-state index is 13.9. The minimum Gasteiger partial charge on any atom is -0.496 e. The van der Waals surface area contributed by atoms with Gasteiger partial charge in [0.2, 0.25) is 17.7 Å². The third-order valence-corrected chi connectivity index (χ3v) is 9.87. The zero-order valence-electron chi connectivity index (χ0n) is 20.9. The number of para-hydroxylation sites is 1. The molecule has 202 valence electrons. The van der Waals surface area contributed by atoms with Crippen LogP contribution in [0.5, 0.6) is 5.75 Å². The summed E-state index contributed by atoms with van der Waals surface area (Å²) in [6, 6.07) is 12.4. The van der Waals surface area contributed by atoms with Gasteiger partial charge in [-0.25, -0.2) is 9.29 Å². The zero-order chi connectivity index (χ0) is 27.3. The van der Waals surface area contributed by atoms with Crippen LogP contribution in [0.25, 0.3) is 0 Å². The van der Waals surface area contributed by atoms with E-state index in [1.54, 1.807) is 17.0 Å². The van der Waals surface area contributed by atoms with Crippen LogP contribution in [0.4, 0.5) is 10.1 Å². The van der Waals surface area contributed by atoms with E-state index in [2.05, 4.69) is 0 Å². The van der Waals surface area contributed by atoms with E-state index in [-0.39, 0.29) is 23.0 Å². The van der Waals surface area contributed by atoms with E-state index in [9.17, 15) is 23.6 Å². The van der Waals surface area contributed by atoms with Gasteiger partial charge >= 0.3 is 4.87 Å². The van der Waals surface area contributed by atoms with Crippen molar-refractivity contribution < 1.29 is 28.2 Å². The van der Waals surface area contributed by atoms with Crippen LogP contribution in [0.1, 0.15) is 16.4 Å². The highest BCUT2D eigenvalue weighted by molar-refractivity contribution is 8.00. The molecule has 12 heteroatoms. The van der Waals surface area contributed by atoms with E-state index in [4.69, 9.17) is 9.47 Å². The maximum Gasteiger partial charge on any atom is 0.308 e. The second-order valence-electron chi connectivity index (χ2n) is 9.39. The molecule has 3 aliphatic rings. The van der Waals surface area contributed by atoms with Gasteiger partial charge in [-0.3, -0.25) is 23.7 Å². The molecular weight excluding hydrogens is 545 g/mol. The number of anilines is 1. The Morgan fingerprint density at radius 3 is 2.49 bits per heavy atom. The summed E-state index contributed by atoms with van der Waals surface area (Å²) in [7, 11) is 1.52. The summed E-state index contributed by atoms with van der Waals surface area (Å²) in [6.45, 7) is 1.60. The number of imide groups is 1. The highest BCUT2D eigenvalue weighted by Crippen LogP contribution is 2.55. The molecule has 0 aliphatic carbocycles. The molecule has 3 aliphatic heterocycles.